The van der Waals surface area contributed by atoms with E-state index in [0.29, 0.717) is 11.5 Å². The molecule has 5 heteroatoms. The molecule has 0 radical (unpaired) electrons. The topological polar surface area (TPSA) is 43.8 Å². The van der Waals surface area contributed by atoms with Crippen molar-refractivity contribution in [2.45, 2.75) is 0 Å². The highest BCUT2D eigenvalue weighted by Gasteiger charge is 2.09. The summed E-state index contributed by atoms with van der Waals surface area (Å²) in [5.41, 5.74) is 8.27. The molecule has 3 rings (SSSR count). The number of aromatic nitrogens is 2. The van der Waals surface area contributed by atoms with Crippen molar-refractivity contribution in [3.8, 4) is 16.9 Å². The summed E-state index contributed by atoms with van der Waals surface area (Å²) in [7, 11) is 0. The summed E-state index contributed by atoms with van der Waals surface area (Å²) in [6.45, 7) is 0. The summed E-state index contributed by atoms with van der Waals surface area (Å²) in [6, 6.07) is 15.7. The van der Waals surface area contributed by atoms with Crippen molar-refractivity contribution in [1.29, 1.82) is 0 Å². The molecule has 0 saturated carbocycles. The van der Waals surface area contributed by atoms with Crippen LogP contribution in [-0.2, 0) is 0 Å². The van der Waals surface area contributed by atoms with Gasteiger partial charge in [-0.1, -0.05) is 34.1 Å². The molecule has 0 bridgehead atoms. The SMILES string of the molecule is Nc1cc(-c2ccc(Br)cc2)nn1-c1cccc(F)c1. The Morgan fingerprint density at radius 1 is 1.05 bits per heavy atom. The van der Waals surface area contributed by atoms with Gasteiger partial charge >= 0.3 is 0 Å². The van der Waals surface area contributed by atoms with Gasteiger partial charge in [0.05, 0.1) is 11.4 Å². The monoisotopic (exact) mass is 331 g/mol. The lowest BCUT2D eigenvalue weighted by molar-refractivity contribution is 0.625. The fourth-order valence-corrected chi connectivity index (χ4v) is 2.24. The highest BCUT2D eigenvalue weighted by atomic mass is 79.9. The van der Waals surface area contributed by atoms with Crippen molar-refractivity contribution in [3.05, 3.63) is 64.9 Å². The highest BCUT2D eigenvalue weighted by molar-refractivity contribution is 9.10. The van der Waals surface area contributed by atoms with E-state index in [1.807, 2.05) is 24.3 Å². The van der Waals surface area contributed by atoms with Crippen LogP contribution in [-0.4, -0.2) is 9.78 Å². The molecule has 20 heavy (non-hydrogen) atoms. The van der Waals surface area contributed by atoms with Gasteiger partial charge in [-0.25, -0.2) is 9.07 Å². The number of anilines is 1. The predicted octanol–water partition coefficient (Wildman–Crippen LogP) is 4.02. The fraction of sp³-hybridized carbons (Fsp3) is 0. The van der Waals surface area contributed by atoms with Crippen molar-refractivity contribution in [2.24, 2.45) is 0 Å². The van der Waals surface area contributed by atoms with E-state index in [-0.39, 0.29) is 5.82 Å². The maximum Gasteiger partial charge on any atom is 0.127 e. The van der Waals surface area contributed by atoms with Crippen molar-refractivity contribution in [1.82, 2.24) is 9.78 Å². The van der Waals surface area contributed by atoms with E-state index in [9.17, 15) is 4.39 Å². The molecular weight excluding hydrogens is 321 g/mol. The van der Waals surface area contributed by atoms with Crippen molar-refractivity contribution < 1.29 is 4.39 Å². The Labute approximate surface area is 124 Å². The second-order valence-corrected chi connectivity index (χ2v) is 5.27. The van der Waals surface area contributed by atoms with Gasteiger partial charge in [-0.3, -0.25) is 0 Å². The lowest BCUT2D eigenvalue weighted by Gasteiger charge is -2.03. The van der Waals surface area contributed by atoms with Crippen molar-refractivity contribution in [3.63, 3.8) is 0 Å². The minimum atomic E-state index is -0.317. The summed E-state index contributed by atoms with van der Waals surface area (Å²) in [5.74, 6) is 0.149. The predicted molar refractivity (Wildman–Crippen MR) is 81.1 cm³/mol. The van der Waals surface area contributed by atoms with Crippen LogP contribution in [0.5, 0.6) is 0 Å². The number of nitrogens with two attached hydrogens (primary N) is 1. The molecule has 1 heterocycles. The molecule has 0 aliphatic carbocycles. The maximum atomic E-state index is 13.3. The second kappa shape index (κ2) is 5.09. The Bertz CT molecular complexity index is 750. The lowest BCUT2D eigenvalue weighted by atomic mass is 10.2. The van der Waals surface area contributed by atoms with Crippen LogP contribution in [0.3, 0.4) is 0 Å². The van der Waals surface area contributed by atoms with Gasteiger partial charge in [-0.15, -0.1) is 0 Å². The Hall–Kier alpha value is -2.14. The first-order chi connectivity index (χ1) is 9.63. The molecule has 0 spiro atoms. The van der Waals surface area contributed by atoms with Gasteiger partial charge in [0.15, 0.2) is 0 Å². The standard InChI is InChI=1S/C15H11BrFN3/c16-11-6-4-10(5-7-11)14-9-15(18)20(19-14)13-3-1-2-12(17)8-13/h1-9H,18H2. The zero-order valence-corrected chi connectivity index (χ0v) is 12.0. The summed E-state index contributed by atoms with van der Waals surface area (Å²) < 4.78 is 15.8. The lowest BCUT2D eigenvalue weighted by Crippen LogP contribution is -2.01. The molecule has 0 amide bonds. The van der Waals surface area contributed by atoms with E-state index in [0.717, 1.165) is 15.7 Å². The van der Waals surface area contributed by atoms with E-state index in [1.165, 1.54) is 16.8 Å². The zero-order valence-electron chi connectivity index (χ0n) is 10.4. The molecule has 2 aromatic carbocycles. The molecule has 0 aliphatic heterocycles. The van der Waals surface area contributed by atoms with E-state index < -0.39 is 0 Å². The third kappa shape index (κ3) is 2.44. The molecular formula is C15H11BrFN3. The largest absolute Gasteiger partial charge is 0.384 e. The average molecular weight is 332 g/mol. The second-order valence-electron chi connectivity index (χ2n) is 4.35. The van der Waals surface area contributed by atoms with E-state index >= 15 is 0 Å². The number of hydrogen-bond acceptors (Lipinski definition) is 2. The summed E-state index contributed by atoms with van der Waals surface area (Å²) in [4.78, 5) is 0. The number of hydrogen-bond donors (Lipinski definition) is 1. The summed E-state index contributed by atoms with van der Waals surface area (Å²) in [5, 5.41) is 4.43. The van der Waals surface area contributed by atoms with E-state index in [2.05, 4.69) is 21.0 Å². The van der Waals surface area contributed by atoms with E-state index in [4.69, 9.17) is 5.73 Å². The molecule has 3 nitrogen and oxygen atoms in total. The average Bonchev–Trinajstić information content (AvgIpc) is 2.82. The minimum absolute atomic E-state index is 0.317. The third-order valence-electron chi connectivity index (χ3n) is 2.93. The first kappa shape index (κ1) is 12.9. The van der Waals surface area contributed by atoms with Gasteiger partial charge in [0.2, 0.25) is 0 Å². The molecule has 100 valence electrons. The summed E-state index contributed by atoms with van der Waals surface area (Å²) in [6.07, 6.45) is 0. The van der Waals surface area contributed by atoms with Crippen LogP contribution < -0.4 is 5.73 Å². The molecule has 1 aromatic heterocycles. The summed E-state index contributed by atoms with van der Waals surface area (Å²) >= 11 is 3.39. The van der Waals surface area contributed by atoms with E-state index in [1.54, 1.807) is 18.2 Å². The van der Waals surface area contributed by atoms with Crippen LogP contribution in [0, 0.1) is 5.82 Å². The van der Waals surface area contributed by atoms with Gasteiger partial charge in [-0.05, 0) is 30.3 Å². The quantitative estimate of drug-likeness (QED) is 0.770. The molecule has 0 saturated heterocycles. The maximum absolute atomic E-state index is 13.3. The molecule has 0 unspecified atom stereocenters. The van der Waals surface area contributed by atoms with Crippen molar-refractivity contribution in [2.75, 3.05) is 5.73 Å². The Balaban J connectivity index is 2.05. The first-order valence-corrected chi connectivity index (χ1v) is 6.80. The fourth-order valence-electron chi connectivity index (χ4n) is 1.97. The van der Waals surface area contributed by atoms with Crippen LogP contribution in [0.4, 0.5) is 10.2 Å². The van der Waals surface area contributed by atoms with Gasteiger partial charge < -0.3 is 5.73 Å². The highest BCUT2D eigenvalue weighted by Crippen LogP contribution is 2.24. The Morgan fingerprint density at radius 2 is 1.80 bits per heavy atom. The van der Waals surface area contributed by atoms with Crippen molar-refractivity contribution >= 4 is 21.7 Å². The zero-order chi connectivity index (χ0) is 14.1. The molecule has 2 N–H and O–H groups in total. The number of rotatable bonds is 2. The van der Waals surface area contributed by atoms with Gasteiger partial charge in [0.25, 0.3) is 0 Å². The van der Waals surface area contributed by atoms with Crippen LogP contribution in [0.1, 0.15) is 0 Å². The molecule has 0 atom stereocenters. The Kier molecular flexibility index (Phi) is 3.28. The first-order valence-electron chi connectivity index (χ1n) is 6.01. The molecule has 3 aromatic rings. The smallest absolute Gasteiger partial charge is 0.127 e. The van der Waals surface area contributed by atoms with Crippen LogP contribution in [0.25, 0.3) is 16.9 Å². The van der Waals surface area contributed by atoms with Crippen LogP contribution in [0.2, 0.25) is 0 Å². The molecule has 0 fully saturated rings. The number of nitrogens with zero attached hydrogens (tertiary/aromatic N) is 2. The number of nitrogen functional groups attached to an aromatic ring is 1. The number of benzene rings is 2. The minimum Gasteiger partial charge on any atom is -0.384 e. The molecule has 0 aliphatic rings. The van der Waals surface area contributed by atoms with Gasteiger partial charge in [0.1, 0.15) is 11.6 Å². The van der Waals surface area contributed by atoms with Crippen LogP contribution in [0.15, 0.2) is 59.1 Å². The van der Waals surface area contributed by atoms with Gasteiger partial charge in [0, 0.05) is 16.1 Å². The number of halogens is 2. The van der Waals surface area contributed by atoms with Gasteiger partial charge in [-0.2, -0.15) is 5.10 Å². The Morgan fingerprint density at radius 3 is 2.50 bits per heavy atom. The third-order valence-corrected chi connectivity index (χ3v) is 3.46. The van der Waals surface area contributed by atoms with Crippen LogP contribution >= 0.6 is 15.9 Å². The normalized spacial score (nSPS) is 10.7.